The smallest absolute Gasteiger partial charge is 0.0102 e. The summed E-state index contributed by atoms with van der Waals surface area (Å²) in [6.07, 6.45) is 5.13. The van der Waals surface area contributed by atoms with Crippen molar-refractivity contribution in [1.82, 2.24) is 0 Å². The zero-order valence-electron chi connectivity index (χ0n) is 5.44. The first-order valence-corrected chi connectivity index (χ1v) is 2.65. The molecule has 0 atom stereocenters. The second-order valence-electron chi connectivity index (χ2n) is 1.24. The van der Waals surface area contributed by atoms with Gasteiger partial charge in [0, 0.05) is 0 Å². The van der Waals surface area contributed by atoms with E-state index >= 15 is 0 Å². The average molecular weight is 116 g/mol. The molecule has 0 radical (unpaired) electrons. The second kappa shape index (κ2) is 6.60. The first-order valence-electron chi connectivity index (χ1n) is 2.65. The van der Waals surface area contributed by atoms with Crippen molar-refractivity contribution in [3.05, 3.63) is 24.8 Å². The summed E-state index contributed by atoms with van der Waals surface area (Å²) < 4.78 is 0. The Hall–Kier alpha value is -1.40. The Labute approximate surface area is 56.3 Å². The highest BCUT2D eigenvalue weighted by atomic mass is 13.6. The summed E-state index contributed by atoms with van der Waals surface area (Å²) >= 11 is 0. The molecule has 0 saturated heterocycles. The van der Waals surface area contributed by atoms with Crippen molar-refractivity contribution in [2.24, 2.45) is 0 Å². The van der Waals surface area contributed by atoms with E-state index in [4.69, 9.17) is 0 Å². The highest BCUT2D eigenvalue weighted by molar-refractivity contribution is 5.33. The Morgan fingerprint density at radius 1 is 1.22 bits per heavy atom. The molecule has 0 heterocycles. The van der Waals surface area contributed by atoms with Gasteiger partial charge in [0.2, 0.25) is 0 Å². The van der Waals surface area contributed by atoms with E-state index in [-0.39, 0.29) is 0 Å². The average Bonchev–Trinajstić information content (AvgIpc) is 1.89. The van der Waals surface area contributed by atoms with Crippen LogP contribution in [-0.4, -0.2) is 0 Å². The summed E-state index contributed by atoms with van der Waals surface area (Å²) in [6, 6.07) is 0. The standard InChI is InChI=1S/C9H8/c1-3-5-7-9-8-6-4-2/h3-4,6H,1H2,2H3. The first kappa shape index (κ1) is 7.60. The van der Waals surface area contributed by atoms with Gasteiger partial charge in [-0.1, -0.05) is 24.5 Å². The molecule has 0 heteroatoms. The molecule has 0 aliphatic heterocycles. The fourth-order valence-corrected chi connectivity index (χ4v) is 0.248. The molecule has 0 fully saturated rings. The van der Waals surface area contributed by atoms with Crippen LogP contribution in [0.1, 0.15) is 6.92 Å². The van der Waals surface area contributed by atoms with E-state index in [0.717, 1.165) is 0 Å². The molecule has 0 spiro atoms. The van der Waals surface area contributed by atoms with Gasteiger partial charge in [-0.3, -0.25) is 0 Å². The summed E-state index contributed by atoms with van der Waals surface area (Å²) in [4.78, 5) is 0. The Morgan fingerprint density at radius 3 is 2.44 bits per heavy atom. The SMILES string of the molecule is C=CC#CC#CC=CC. The van der Waals surface area contributed by atoms with Gasteiger partial charge >= 0.3 is 0 Å². The van der Waals surface area contributed by atoms with Gasteiger partial charge < -0.3 is 0 Å². The lowest BCUT2D eigenvalue weighted by molar-refractivity contribution is 1.76. The molecule has 0 aromatic heterocycles. The summed E-state index contributed by atoms with van der Waals surface area (Å²) in [6.45, 7) is 5.33. The first-order chi connectivity index (χ1) is 4.41. The van der Waals surface area contributed by atoms with E-state index in [0.29, 0.717) is 0 Å². The molecule has 0 saturated carbocycles. The minimum absolute atomic E-state index is 1.52. The summed E-state index contributed by atoms with van der Waals surface area (Å²) in [5.41, 5.74) is 0. The van der Waals surface area contributed by atoms with Crippen LogP contribution in [0.3, 0.4) is 0 Å². The van der Waals surface area contributed by atoms with Crippen molar-refractivity contribution in [2.45, 2.75) is 6.92 Å². The number of hydrogen-bond acceptors (Lipinski definition) is 0. The van der Waals surface area contributed by atoms with Crippen molar-refractivity contribution in [3.8, 4) is 23.7 Å². The van der Waals surface area contributed by atoms with Gasteiger partial charge in [0.05, 0.1) is 0 Å². The van der Waals surface area contributed by atoms with Gasteiger partial charge in [-0.2, -0.15) is 0 Å². The Morgan fingerprint density at radius 2 is 1.89 bits per heavy atom. The molecule has 0 aliphatic rings. The van der Waals surface area contributed by atoms with E-state index in [1.807, 2.05) is 13.0 Å². The van der Waals surface area contributed by atoms with E-state index < -0.39 is 0 Å². The van der Waals surface area contributed by atoms with Crippen LogP contribution in [0.5, 0.6) is 0 Å². The molecule has 0 rings (SSSR count). The maximum absolute atomic E-state index is 3.42. The molecular formula is C9H8. The molecule has 0 nitrogen and oxygen atoms in total. The number of allylic oxidation sites excluding steroid dienone is 3. The molecule has 0 amide bonds. The molecule has 0 N–H and O–H groups in total. The topological polar surface area (TPSA) is 0 Å². The molecule has 0 bridgehead atoms. The van der Waals surface area contributed by atoms with Crippen LogP contribution in [0, 0.1) is 23.7 Å². The molecule has 44 valence electrons. The molecule has 0 unspecified atom stereocenters. The normalized spacial score (nSPS) is 6.78. The van der Waals surface area contributed by atoms with Crippen molar-refractivity contribution in [1.29, 1.82) is 0 Å². The fourth-order valence-electron chi connectivity index (χ4n) is 0.248. The van der Waals surface area contributed by atoms with Crippen molar-refractivity contribution < 1.29 is 0 Å². The van der Waals surface area contributed by atoms with Gasteiger partial charge in [0.1, 0.15) is 0 Å². The van der Waals surface area contributed by atoms with Crippen molar-refractivity contribution in [2.75, 3.05) is 0 Å². The summed E-state index contributed by atoms with van der Waals surface area (Å²) in [5.74, 6) is 10.5. The van der Waals surface area contributed by atoms with Crippen LogP contribution in [0.15, 0.2) is 24.8 Å². The predicted octanol–water partition coefficient (Wildman–Crippen LogP) is 1.76. The minimum Gasteiger partial charge on any atom is -0.0906 e. The maximum Gasteiger partial charge on any atom is -0.0102 e. The largest absolute Gasteiger partial charge is 0.0906 e. The third kappa shape index (κ3) is 6.60. The number of rotatable bonds is 0. The van der Waals surface area contributed by atoms with Crippen LogP contribution < -0.4 is 0 Å². The molecule has 0 aromatic rings. The highest BCUT2D eigenvalue weighted by Crippen LogP contribution is 1.63. The van der Waals surface area contributed by atoms with Crippen LogP contribution in [-0.2, 0) is 0 Å². The van der Waals surface area contributed by atoms with Crippen LogP contribution in [0.4, 0.5) is 0 Å². The van der Waals surface area contributed by atoms with Gasteiger partial charge in [0.25, 0.3) is 0 Å². The zero-order valence-corrected chi connectivity index (χ0v) is 5.44. The van der Waals surface area contributed by atoms with Gasteiger partial charge in [-0.05, 0) is 30.9 Å². The molecular weight excluding hydrogens is 108 g/mol. The van der Waals surface area contributed by atoms with Crippen molar-refractivity contribution in [3.63, 3.8) is 0 Å². The lowest BCUT2D eigenvalue weighted by Gasteiger charge is -1.58. The minimum atomic E-state index is 1.52. The Balaban J connectivity index is 3.75. The van der Waals surface area contributed by atoms with Gasteiger partial charge in [0.15, 0.2) is 0 Å². The Bertz CT molecular complexity index is 210. The van der Waals surface area contributed by atoms with Crippen LogP contribution >= 0.6 is 0 Å². The lowest BCUT2D eigenvalue weighted by atomic mass is 10.5. The highest BCUT2D eigenvalue weighted by Gasteiger charge is 1.51. The van der Waals surface area contributed by atoms with Crippen LogP contribution in [0.2, 0.25) is 0 Å². The number of hydrogen-bond donors (Lipinski definition) is 0. The lowest BCUT2D eigenvalue weighted by Crippen LogP contribution is -1.49. The summed E-state index contributed by atoms with van der Waals surface area (Å²) in [7, 11) is 0. The molecule has 9 heavy (non-hydrogen) atoms. The van der Waals surface area contributed by atoms with E-state index in [1.165, 1.54) is 6.08 Å². The maximum atomic E-state index is 3.42. The van der Waals surface area contributed by atoms with Gasteiger partial charge in [-0.15, -0.1) is 0 Å². The van der Waals surface area contributed by atoms with Crippen molar-refractivity contribution >= 4 is 0 Å². The predicted molar refractivity (Wildman–Crippen MR) is 40.6 cm³/mol. The monoisotopic (exact) mass is 116 g/mol. The Kier molecular flexibility index (Phi) is 5.57. The third-order valence-corrected chi connectivity index (χ3v) is 0.559. The molecule has 0 aliphatic carbocycles. The van der Waals surface area contributed by atoms with E-state index in [2.05, 4.69) is 30.3 Å². The zero-order chi connectivity index (χ0) is 6.95. The summed E-state index contributed by atoms with van der Waals surface area (Å²) in [5, 5.41) is 0. The van der Waals surface area contributed by atoms with Gasteiger partial charge in [-0.25, -0.2) is 0 Å². The second-order valence-corrected chi connectivity index (χ2v) is 1.24. The third-order valence-electron chi connectivity index (χ3n) is 0.559. The fraction of sp³-hybridized carbons (Fsp3) is 0.111. The van der Waals surface area contributed by atoms with E-state index in [9.17, 15) is 0 Å². The van der Waals surface area contributed by atoms with Crippen LogP contribution in [0.25, 0.3) is 0 Å². The van der Waals surface area contributed by atoms with E-state index in [1.54, 1.807) is 6.08 Å². The quantitative estimate of drug-likeness (QED) is 0.423. The molecule has 0 aromatic carbocycles.